The molecule has 0 radical (unpaired) electrons. The lowest BCUT2D eigenvalue weighted by Gasteiger charge is -2.22. The van der Waals surface area contributed by atoms with Gasteiger partial charge in [-0.1, -0.05) is 36.4 Å². The molecular formula is C28H26FNO6. The fourth-order valence-electron chi connectivity index (χ4n) is 4.41. The Balaban J connectivity index is 1.37. The summed E-state index contributed by atoms with van der Waals surface area (Å²) in [5.74, 6) is -3.17. The zero-order chi connectivity index (χ0) is 25.8. The summed E-state index contributed by atoms with van der Waals surface area (Å²) in [4.78, 5) is 37.9. The highest BCUT2D eigenvalue weighted by molar-refractivity contribution is 6.21. The molecule has 0 saturated heterocycles. The van der Waals surface area contributed by atoms with Gasteiger partial charge < -0.3 is 14.9 Å². The summed E-state index contributed by atoms with van der Waals surface area (Å²) >= 11 is 0. The third-order valence-corrected chi connectivity index (χ3v) is 6.51. The molecule has 2 atom stereocenters. The van der Waals surface area contributed by atoms with E-state index < -0.39 is 35.6 Å². The van der Waals surface area contributed by atoms with Crippen LogP contribution in [0.3, 0.4) is 0 Å². The predicted octanol–water partition coefficient (Wildman–Crippen LogP) is 4.18. The van der Waals surface area contributed by atoms with Crippen molar-refractivity contribution in [2.24, 2.45) is 5.92 Å². The number of carbonyl (C=O) groups excluding carboxylic acids is 2. The van der Waals surface area contributed by atoms with E-state index >= 15 is 0 Å². The number of nitrogens with zero attached hydrogens (tertiary/aromatic N) is 1. The summed E-state index contributed by atoms with van der Waals surface area (Å²) in [5.41, 5.74) is 2.42. The lowest BCUT2D eigenvalue weighted by molar-refractivity contribution is -0.146. The van der Waals surface area contributed by atoms with Gasteiger partial charge in [0.25, 0.3) is 11.8 Å². The van der Waals surface area contributed by atoms with Crippen LogP contribution in [0.4, 0.5) is 4.39 Å². The van der Waals surface area contributed by atoms with Crippen LogP contribution >= 0.6 is 0 Å². The SMILES string of the molecule is COc1ccc(-c2ccc(CCC(O)C(CCN3C(=O)c4ccccc4C3=O)C(=O)O)c(F)c2)cc1. The lowest BCUT2D eigenvalue weighted by atomic mass is 9.92. The van der Waals surface area contributed by atoms with Crippen molar-refractivity contribution in [1.29, 1.82) is 0 Å². The molecule has 3 aromatic rings. The van der Waals surface area contributed by atoms with Crippen LogP contribution in [-0.2, 0) is 11.2 Å². The highest BCUT2D eigenvalue weighted by Gasteiger charge is 2.36. The second-order valence-corrected chi connectivity index (χ2v) is 8.68. The van der Waals surface area contributed by atoms with Gasteiger partial charge in [0.15, 0.2) is 0 Å². The number of aliphatic carboxylic acids is 1. The van der Waals surface area contributed by atoms with E-state index in [1.54, 1.807) is 55.6 Å². The van der Waals surface area contributed by atoms with Crippen LogP contribution in [0, 0.1) is 11.7 Å². The minimum Gasteiger partial charge on any atom is -0.497 e. The number of hydrogen-bond acceptors (Lipinski definition) is 5. The van der Waals surface area contributed by atoms with Crippen molar-refractivity contribution < 1.29 is 33.7 Å². The van der Waals surface area contributed by atoms with E-state index in [0.717, 1.165) is 10.5 Å². The van der Waals surface area contributed by atoms with Gasteiger partial charge in [0.05, 0.1) is 30.3 Å². The molecule has 2 amide bonds. The monoisotopic (exact) mass is 491 g/mol. The number of carbonyl (C=O) groups is 3. The van der Waals surface area contributed by atoms with Gasteiger partial charge in [-0.2, -0.15) is 0 Å². The van der Waals surface area contributed by atoms with Crippen molar-refractivity contribution in [2.75, 3.05) is 13.7 Å². The Kier molecular flexibility index (Phi) is 7.45. The molecule has 36 heavy (non-hydrogen) atoms. The summed E-state index contributed by atoms with van der Waals surface area (Å²) in [6, 6.07) is 18.4. The normalized spacial score (nSPS) is 14.5. The third-order valence-electron chi connectivity index (χ3n) is 6.51. The van der Waals surface area contributed by atoms with E-state index in [-0.39, 0.29) is 36.9 Å². The summed E-state index contributed by atoms with van der Waals surface area (Å²) in [6.07, 6.45) is -1.25. The first kappa shape index (κ1) is 25.1. The van der Waals surface area contributed by atoms with Crippen molar-refractivity contribution in [1.82, 2.24) is 4.90 Å². The molecule has 8 heteroatoms. The molecule has 0 bridgehead atoms. The van der Waals surface area contributed by atoms with E-state index in [9.17, 15) is 29.0 Å². The first-order valence-electron chi connectivity index (χ1n) is 11.6. The molecule has 1 aliphatic heterocycles. The highest BCUT2D eigenvalue weighted by Crippen LogP contribution is 2.27. The Morgan fingerprint density at radius 2 is 1.56 bits per heavy atom. The number of ether oxygens (including phenoxy) is 1. The maximum Gasteiger partial charge on any atom is 0.309 e. The Morgan fingerprint density at radius 3 is 2.11 bits per heavy atom. The standard InChI is InChI=1S/C28H26FNO6/c1-36-20-11-8-17(9-12-20)19-7-6-18(24(29)16-19)10-13-25(31)23(28(34)35)14-15-30-26(32)21-4-2-3-5-22(21)27(30)33/h2-9,11-12,16,23,25,31H,10,13-15H2,1H3,(H,34,35). The molecule has 3 aromatic carbocycles. The van der Waals surface area contributed by atoms with E-state index in [4.69, 9.17) is 4.74 Å². The third kappa shape index (κ3) is 5.13. The van der Waals surface area contributed by atoms with E-state index in [1.807, 2.05) is 12.1 Å². The molecule has 1 heterocycles. The molecule has 0 fully saturated rings. The topological polar surface area (TPSA) is 104 Å². The minimum atomic E-state index is -1.28. The van der Waals surface area contributed by atoms with Gasteiger partial charge in [0, 0.05) is 6.54 Å². The van der Waals surface area contributed by atoms with Gasteiger partial charge in [0.2, 0.25) is 0 Å². The average Bonchev–Trinajstić information content (AvgIpc) is 3.13. The number of fused-ring (bicyclic) bond motifs is 1. The number of aryl methyl sites for hydroxylation is 1. The van der Waals surface area contributed by atoms with Crippen molar-refractivity contribution >= 4 is 17.8 Å². The van der Waals surface area contributed by atoms with Gasteiger partial charge in [-0.15, -0.1) is 0 Å². The maximum atomic E-state index is 14.8. The van der Waals surface area contributed by atoms with Gasteiger partial charge >= 0.3 is 5.97 Å². The minimum absolute atomic E-state index is 0.0118. The second-order valence-electron chi connectivity index (χ2n) is 8.68. The predicted molar refractivity (Wildman–Crippen MR) is 130 cm³/mol. The summed E-state index contributed by atoms with van der Waals surface area (Å²) in [5, 5.41) is 20.2. The van der Waals surface area contributed by atoms with Crippen molar-refractivity contribution in [3.05, 3.63) is 89.2 Å². The van der Waals surface area contributed by atoms with Crippen molar-refractivity contribution in [3.63, 3.8) is 0 Å². The Labute approximate surface area is 207 Å². The summed E-state index contributed by atoms with van der Waals surface area (Å²) in [7, 11) is 1.57. The van der Waals surface area contributed by atoms with Crippen LogP contribution in [0.1, 0.15) is 39.1 Å². The van der Waals surface area contributed by atoms with Crippen LogP contribution in [0.5, 0.6) is 5.75 Å². The number of carboxylic acid groups (broad SMARTS) is 1. The van der Waals surface area contributed by atoms with Gasteiger partial charge in [-0.05, 0) is 66.3 Å². The van der Waals surface area contributed by atoms with Crippen LogP contribution in [-0.4, -0.2) is 52.7 Å². The molecule has 0 aliphatic carbocycles. The van der Waals surface area contributed by atoms with Gasteiger partial charge in [-0.25, -0.2) is 4.39 Å². The molecule has 186 valence electrons. The summed E-state index contributed by atoms with van der Waals surface area (Å²) < 4.78 is 19.9. The van der Waals surface area contributed by atoms with Crippen LogP contribution in [0.25, 0.3) is 11.1 Å². The van der Waals surface area contributed by atoms with Crippen LogP contribution in [0.2, 0.25) is 0 Å². The average molecular weight is 492 g/mol. The number of amides is 2. The zero-order valence-electron chi connectivity index (χ0n) is 19.7. The maximum absolute atomic E-state index is 14.8. The fraction of sp³-hybridized carbons (Fsp3) is 0.250. The molecule has 2 N–H and O–H groups in total. The smallest absolute Gasteiger partial charge is 0.309 e. The van der Waals surface area contributed by atoms with Crippen LogP contribution < -0.4 is 4.74 Å². The quantitative estimate of drug-likeness (QED) is 0.413. The number of imide groups is 1. The lowest BCUT2D eigenvalue weighted by Crippen LogP contribution is -2.36. The number of methoxy groups -OCH3 is 1. The van der Waals surface area contributed by atoms with Gasteiger partial charge in [0.1, 0.15) is 11.6 Å². The molecule has 2 unspecified atom stereocenters. The molecular weight excluding hydrogens is 465 g/mol. The molecule has 4 rings (SSSR count). The zero-order valence-corrected chi connectivity index (χ0v) is 19.7. The van der Waals surface area contributed by atoms with E-state index in [2.05, 4.69) is 0 Å². The number of halogens is 1. The number of benzene rings is 3. The Bertz CT molecular complexity index is 1250. The second kappa shape index (κ2) is 10.7. The number of carboxylic acids is 1. The largest absolute Gasteiger partial charge is 0.497 e. The van der Waals surface area contributed by atoms with Crippen molar-refractivity contribution in [2.45, 2.75) is 25.4 Å². The number of aliphatic hydroxyl groups excluding tert-OH is 1. The number of hydrogen-bond donors (Lipinski definition) is 2. The highest BCUT2D eigenvalue weighted by atomic mass is 19.1. The Morgan fingerprint density at radius 1 is 0.944 bits per heavy atom. The van der Waals surface area contributed by atoms with Crippen LogP contribution in [0.15, 0.2) is 66.7 Å². The molecule has 7 nitrogen and oxygen atoms in total. The number of rotatable bonds is 10. The van der Waals surface area contributed by atoms with Crippen molar-refractivity contribution in [3.8, 4) is 16.9 Å². The fourth-order valence-corrected chi connectivity index (χ4v) is 4.41. The molecule has 0 spiro atoms. The first-order valence-corrected chi connectivity index (χ1v) is 11.6. The number of aliphatic hydroxyl groups is 1. The van der Waals surface area contributed by atoms with E-state index in [1.165, 1.54) is 6.07 Å². The first-order chi connectivity index (χ1) is 17.3. The Hall–Kier alpha value is -4.04. The molecule has 0 saturated carbocycles. The van der Waals surface area contributed by atoms with Gasteiger partial charge in [-0.3, -0.25) is 19.3 Å². The molecule has 1 aliphatic rings. The molecule has 0 aromatic heterocycles. The summed E-state index contributed by atoms with van der Waals surface area (Å²) in [6.45, 7) is -0.134. The van der Waals surface area contributed by atoms with E-state index in [0.29, 0.717) is 16.9 Å².